The Labute approximate surface area is 306 Å². The molecule has 252 valence electrons. The fraction of sp³-hybridized carbons (Fsp3) is 0.0588. The number of hydrogen-bond donors (Lipinski definition) is 3. The number of ether oxygens (including phenoxy) is 1. The number of thiazole rings is 2. The molecule has 49 heavy (non-hydrogen) atoms. The van der Waals surface area contributed by atoms with Gasteiger partial charge in [-0.1, -0.05) is 63.4 Å². The molecule has 0 fully saturated rings. The van der Waals surface area contributed by atoms with Crippen LogP contribution in [0.3, 0.4) is 0 Å². The number of phenolic OH excluding ortho intramolecular Hbond substituents is 1. The molecule has 4 aromatic carbocycles. The number of amides is 2. The van der Waals surface area contributed by atoms with Crippen LogP contribution >= 0.6 is 61.8 Å². The Morgan fingerprint density at radius 2 is 1.20 bits per heavy atom. The van der Waals surface area contributed by atoms with Crippen molar-refractivity contribution in [3.8, 4) is 34.0 Å². The average Bonchev–Trinajstić information content (AvgIpc) is 3.77. The van der Waals surface area contributed by atoms with Gasteiger partial charge in [0, 0.05) is 31.9 Å². The van der Waals surface area contributed by atoms with Crippen LogP contribution in [0.2, 0.25) is 10.0 Å². The number of alkyl halides is 1. The molecule has 0 aliphatic rings. The van der Waals surface area contributed by atoms with E-state index in [4.69, 9.17) is 44.5 Å². The third kappa shape index (κ3) is 11.1. The molecule has 6 rings (SSSR count). The largest absolute Gasteiger partial charge is 0.508 e. The molecule has 0 radical (unpaired) electrons. The molecule has 0 aliphatic carbocycles. The van der Waals surface area contributed by atoms with Crippen LogP contribution in [0.5, 0.6) is 11.5 Å². The summed E-state index contributed by atoms with van der Waals surface area (Å²) in [7, 11) is 0. The summed E-state index contributed by atoms with van der Waals surface area (Å²) in [5.74, 6) is -2.95. The van der Waals surface area contributed by atoms with Crippen molar-refractivity contribution in [1.29, 1.82) is 0 Å². The Hall–Kier alpha value is -4.40. The molecule has 2 aromatic heterocycles. The van der Waals surface area contributed by atoms with E-state index in [1.807, 2.05) is 41.8 Å². The molecule has 2 heterocycles. The normalized spacial score (nSPS) is 10.3. The van der Waals surface area contributed by atoms with Gasteiger partial charge in [-0.05, 0) is 60.7 Å². The molecule has 0 aliphatic heterocycles. The van der Waals surface area contributed by atoms with E-state index in [-0.39, 0.29) is 23.5 Å². The van der Waals surface area contributed by atoms with Crippen molar-refractivity contribution in [2.75, 3.05) is 0 Å². The molecule has 0 bridgehead atoms. The summed E-state index contributed by atoms with van der Waals surface area (Å²) >= 11 is 18.2. The van der Waals surface area contributed by atoms with Crippen molar-refractivity contribution < 1.29 is 28.2 Å². The number of carbonyl (C=O) groups is 2. The number of aromatic nitrogens is 2. The van der Waals surface area contributed by atoms with E-state index in [0.29, 0.717) is 10.8 Å². The Morgan fingerprint density at radius 3 is 1.67 bits per heavy atom. The summed E-state index contributed by atoms with van der Waals surface area (Å²) < 4.78 is 31.6. The van der Waals surface area contributed by atoms with Crippen LogP contribution in [0.15, 0.2) is 95.7 Å². The molecule has 5 N–H and O–H groups in total. The van der Waals surface area contributed by atoms with Gasteiger partial charge in [0.15, 0.2) is 0 Å². The molecule has 0 saturated carbocycles. The smallest absolute Gasteiger partial charge is 0.251 e. The minimum Gasteiger partial charge on any atom is -0.508 e. The lowest BCUT2D eigenvalue weighted by atomic mass is 10.2. The van der Waals surface area contributed by atoms with Crippen LogP contribution in [0.1, 0.15) is 30.7 Å². The summed E-state index contributed by atoms with van der Waals surface area (Å²) in [4.78, 5) is 30.5. The number of nitrogens with zero attached hydrogens (tertiary/aromatic N) is 2. The Bertz CT molecular complexity index is 2050. The summed E-state index contributed by atoms with van der Waals surface area (Å²) in [6, 6.07) is 22.1. The molecule has 6 aromatic rings. The number of halogens is 5. The van der Waals surface area contributed by atoms with Gasteiger partial charge in [0.25, 0.3) is 11.8 Å². The number of carbonyl (C=O) groups excluding carboxylic acids is 2. The monoisotopic (exact) mass is 804 g/mol. The number of phenols is 1. The second-order valence-corrected chi connectivity index (χ2v) is 13.0. The van der Waals surface area contributed by atoms with Crippen molar-refractivity contribution >= 4 is 73.6 Å². The molecular weight excluding hydrogens is 781 g/mol. The highest BCUT2D eigenvalue weighted by Crippen LogP contribution is 2.26. The van der Waals surface area contributed by atoms with E-state index in [9.17, 15) is 18.4 Å². The SMILES string of the molecule is Clc1ccc(-c2csc(CBr)n2)cc1.NC(=O)c1cc(O)ccc1F.NC(=O)c1cc(OCc2nc(-c3ccc(Cl)cc3)cs2)ccc1F. The Balaban J connectivity index is 0.000000183. The van der Waals surface area contributed by atoms with Crippen LogP contribution in [-0.4, -0.2) is 26.9 Å². The molecule has 8 nitrogen and oxygen atoms in total. The second-order valence-electron chi connectivity index (χ2n) is 9.72. The topological polar surface area (TPSA) is 141 Å². The van der Waals surface area contributed by atoms with Crippen molar-refractivity contribution in [3.63, 3.8) is 0 Å². The third-order valence-electron chi connectivity index (χ3n) is 6.28. The maximum absolute atomic E-state index is 13.4. The first-order chi connectivity index (χ1) is 23.4. The summed E-state index contributed by atoms with van der Waals surface area (Å²) in [6.45, 7) is 0.210. The van der Waals surface area contributed by atoms with E-state index < -0.39 is 23.4 Å². The van der Waals surface area contributed by atoms with Gasteiger partial charge in [-0.3, -0.25) is 9.59 Å². The van der Waals surface area contributed by atoms with Gasteiger partial charge < -0.3 is 21.3 Å². The Morgan fingerprint density at radius 1 is 0.735 bits per heavy atom. The van der Waals surface area contributed by atoms with Crippen molar-refractivity contribution in [2.45, 2.75) is 11.9 Å². The van der Waals surface area contributed by atoms with Crippen LogP contribution in [0, 0.1) is 11.6 Å². The zero-order valence-electron chi connectivity index (χ0n) is 25.1. The molecular formula is C34H25BrCl2F2N4O4S2. The first kappa shape index (κ1) is 37.4. The van der Waals surface area contributed by atoms with Crippen LogP contribution in [0.25, 0.3) is 22.5 Å². The van der Waals surface area contributed by atoms with Gasteiger partial charge >= 0.3 is 0 Å². The van der Waals surface area contributed by atoms with Crippen LogP contribution in [0.4, 0.5) is 8.78 Å². The lowest BCUT2D eigenvalue weighted by molar-refractivity contribution is 0.0987. The lowest BCUT2D eigenvalue weighted by Crippen LogP contribution is -2.13. The number of aromatic hydroxyl groups is 1. The minimum absolute atomic E-state index is 0.180. The molecule has 2 amide bonds. The first-order valence-corrected chi connectivity index (χ1v) is 17.5. The highest BCUT2D eigenvalue weighted by Gasteiger charge is 2.11. The summed E-state index contributed by atoms with van der Waals surface area (Å²) in [5.41, 5.74) is 13.3. The van der Waals surface area contributed by atoms with Gasteiger partial charge in [-0.25, -0.2) is 18.7 Å². The number of rotatable bonds is 8. The first-order valence-electron chi connectivity index (χ1n) is 13.9. The molecule has 0 atom stereocenters. The van der Waals surface area contributed by atoms with Gasteiger partial charge in [-0.2, -0.15) is 0 Å². The van der Waals surface area contributed by atoms with Crippen molar-refractivity contribution in [1.82, 2.24) is 9.97 Å². The predicted molar refractivity (Wildman–Crippen MR) is 194 cm³/mol. The van der Waals surface area contributed by atoms with Crippen molar-refractivity contribution in [3.05, 3.63) is 139 Å². The van der Waals surface area contributed by atoms with Gasteiger partial charge in [0.1, 0.15) is 39.8 Å². The number of primary amides is 2. The zero-order chi connectivity index (χ0) is 35.5. The van der Waals surface area contributed by atoms with Crippen LogP contribution < -0.4 is 16.2 Å². The quantitative estimate of drug-likeness (QED) is 0.131. The predicted octanol–water partition coefficient (Wildman–Crippen LogP) is 9.27. The molecule has 0 unspecified atom stereocenters. The average molecular weight is 807 g/mol. The molecule has 15 heteroatoms. The van der Waals surface area contributed by atoms with Gasteiger partial charge in [-0.15, -0.1) is 22.7 Å². The fourth-order valence-electron chi connectivity index (χ4n) is 3.89. The second kappa shape index (κ2) is 17.8. The fourth-order valence-corrected chi connectivity index (χ4v) is 6.02. The third-order valence-corrected chi connectivity index (χ3v) is 9.36. The van der Waals surface area contributed by atoms with E-state index in [2.05, 4.69) is 31.3 Å². The maximum atomic E-state index is 13.4. The van der Waals surface area contributed by atoms with E-state index >= 15 is 0 Å². The summed E-state index contributed by atoms with van der Waals surface area (Å²) in [5, 5.41) is 16.9. The Kier molecular flexibility index (Phi) is 13.6. The van der Waals surface area contributed by atoms with Crippen molar-refractivity contribution in [2.24, 2.45) is 11.5 Å². The minimum atomic E-state index is -0.890. The van der Waals surface area contributed by atoms with Gasteiger partial charge in [0.2, 0.25) is 0 Å². The zero-order valence-corrected chi connectivity index (χ0v) is 29.8. The molecule has 0 saturated heterocycles. The highest BCUT2D eigenvalue weighted by molar-refractivity contribution is 9.08. The van der Waals surface area contributed by atoms with E-state index in [0.717, 1.165) is 67.1 Å². The lowest BCUT2D eigenvalue weighted by Gasteiger charge is -2.06. The summed E-state index contributed by atoms with van der Waals surface area (Å²) in [6.07, 6.45) is 0. The molecule has 0 spiro atoms. The van der Waals surface area contributed by atoms with Gasteiger partial charge in [0.05, 0.1) is 27.8 Å². The van der Waals surface area contributed by atoms with E-state index in [1.165, 1.54) is 23.5 Å². The standard InChI is InChI=1S/C17H12ClFN2O2S.C10H7BrClNS.C7H6FNO2/c18-11-3-1-10(2-4-11)15-9-24-16(21-15)8-23-12-5-6-14(19)13(7-12)17(20)22;11-5-10-13-9(6-14-10)7-1-3-8(12)4-2-7;8-6-2-1-4(10)3-5(6)7(9)11/h1-7,9H,8H2,(H2,20,22);1-4,6H,5H2;1-3,10H,(H2,9,11). The number of nitrogens with two attached hydrogens (primary N) is 2. The maximum Gasteiger partial charge on any atom is 0.251 e. The highest BCUT2D eigenvalue weighted by atomic mass is 79.9. The van der Waals surface area contributed by atoms with Crippen LogP contribution in [-0.2, 0) is 11.9 Å². The van der Waals surface area contributed by atoms with E-state index in [1.54, 1.807) is 23.5 Å². The number of benzene rings is 4. The number of hydrogen-bond acceptors (Lipinski definition) is 8.